The van der Waals surface area contributed by atoms with Crippen LogP contribution in [0.25, 0.3) is 0 Å². The predicted octanol–water partition coefficient (Wildman–Crippen LogP) is 4.75. The normalized spacial score (nSPS) is 12.1. The minimum atomic E-state index is -1.07. The molecule has 2 rings (SSSR count). The van der Waals surface area contributed by atoms with Gasteiger partial charge in [0.25, 0.3) is 11.8 Å². The van der Waals surface area contributed by atoms with E-state index in [9.17, 15) is 19.5 Å². The van der Waals surface area contributed by atoms with Crippen molar-refractivity contribution in [3.05, 3.63) is 63.7 Å². The molecule has 0 spiro atoms. The van der Waals surface area contributed by atoms with Crippen LogP contribution in [0.2, 0.25) is 0 Å². The van der Waals surface area contributed by atoms with Gasteiger partial charge in [-0.1, -0.05) is 30.2 Å². The Kier molecular flexibility index (Phi) is 7.90. The number of ether oxygens (including phenoxy) is 1. The number of nitrogens with zero attached hydrogens (tertiary/aromatic N) is 1. The molecule has 7 nitrogen and oxygen atoms in total. The molecule has 2 aromatic carbocycles. The lowest BCUT2D eigenvalue weighted by molar-refractivity contribution is -0.145. The van der Waals surface area contributed by atoms with E-state index in [0.717, 1.165) is 16.7 Å². The molecule has 0 aliphatic carbocycles. The van der Waals surface area contributed by atoms with E-state index in [2.05, 4.69) is 5.43 Å². The largest absolute Gasteiger partial charge is 0.479 e. The fraction of sp³-hybridized carbons (Fsp3) is 0.423. The van der Waals surface area contributed by atoms with E-state index in [0.29, 0.717) is 22.4 Å². The van der Waals surface area contributed by atoms with Gasteiger partial charge in [0, 0.05) is 16.7 Å². The second-order valence-corrected chi connectivity index (χ2v) is 9.37. The summed E-state index contributed by atoms with van der Waals surface area (Å²) in [6, 6.07) is 8.92. The summed E-state index contributed by atoms with van der Waals surface area (Å²) in [6.45, 7) is 14.6. The SMILES string of the molecule is CC[C@@H](Oc1c(C)ccc(C(=O)NN(C(=O)c2cc(C)cc(C)c2)C(C)(C)C)c1C)C(=O)O. The minimum absolute atomic E-state index is 0.285. The second-order valence-electron chi connectivity index (χ2n) is 9.37. The molecule has 0 saturated carbocycles. The van der Waals surface area contributed by atoms with Gasteiger partial charge in [-0.3, -0.25) is 15.0 Å². The number of benzene rings is 2. The van der Waals surface area contributed by atoms with Gasteiger partial charge in [-0.25, -0.2) is 9.80 Å². The van der Waals surface area contributed by atoms with Gasteiger partial charge in [0.1, 0.15) is 5.75 Å². The number of aliphatic carboxylic acids is 1. The third-order valence-corrected chi connectivity index (χ3v) is 5.31. The highest BCUT2D eigenvalue weighted by Crippen LogP contribution is 2.28. The van der Waals surface area contributed by atoms with Crippen molar-refractivity contribution in [2.75, 3.05) is 0 Å². The maximum Gasteiger partial charge on any atom is 0.344 e. The molecular weight excluding hydrogens is 420 g/mol. The molecular formula is C26H34N2O5. The summed E-state index contributed by atoms with van der Waals surface area (Å²) >= 11 is 0. The first kappa shape index (κ1) is 25.9. The van der Waals surface area contributed by atoms with Gasteiger partial charge in [0.2, 0.25) is 0 Å². The van der Waals surface area contributed by atoms with Crippen molar-refractivity contribution in [3.8, 4) is 5.75 Å². The summed E-state index contributed by atoms with van der Waals surface area (Å²) in [5, 5.41) is 10.7. The maximum atomic E-state index is 13.3. The summed E-state index contributed by atoms with van der Waals surface area (Å²) < 4.78 is 5.73. The first-order chi connectivity index (χ1) is 15.3. The highest BCUT2D eigenvalue weighted by molar-refractivity contribution is 6.00. The summed E-state index contributed by atoms with van der Waals surface area (Å²) in [4.78, 5) is 38.1. The molecule has 0 unspecified atom stereocenters. The number of nitrogens with one attached hydrogen (secondary N) is 1. The molecule has 0 aliphatic heterocycles. The first-order valence-electron chi connectivity index (χ1n) is 11.0. The second kappa shape index (κ2) is 10.1. The van der Waals surface area contributed by atoms with Crippen LogP contribution in [0.5, 0.6) is 5.75 Å². The smallest absolute Gasteiger partial charge is 0.344 e. The van der Waals surface area contributed by atoms with Crippen molar-refractivity contribution in [3.63, 3.8) is 0 Å². The van der Waals surface area contributed by atoms with Crippen molar-refractivity contribution in [1.29, 1.82) is 0 Å². The Labute approximate surface area is 195 Å². The van der Waals surface area contributed by atoms with Crippen LogP contribution in [-0.2, 0) is 4.79 Å². The molecule has 0 fully saturated rings. The average molecular weight is 455 g/mol. The van der Waals surface area contributed by atoms with E-state index in [1.165, 1.54) is 5.01 Å². The minimum Gasteiger partial charge on any atom is -0.479 e. The lowest BCUT2D eigenvalue weighted by atomic mass is 10.0. The maximum absolute atomic E-state index is 13.3. The van der Waals surface area contributed by atoms with Crippen LogP contribution >= 0.6 is 0 Å². The fourth-order valence-corrected chi connectivity index (χ4v) is 3.62. The highest BCUT2D eigenvalue weighted by atomic mass is 16.5. The molecule has 7 heteroatoms. The summed E-state index contributed by atoms with van der Waals surface area (Å²) in [5.41, 5.74) is 6.01. The van der Waals surface area contributed by atoms with Gasteiger partial charge >= 0.3 is 5.97 Å². The first-order valence-corrected chi connectivity index (χ1v) is 11.0. The van der Waals surface area contributed by atoms with Gasteiger partial charge in [-0.2, -0.15) is 0 Å². The van der Waals surface area contributed by atoms with E-state index in [1.807, 2.05) is 40.7 Å². The van der Waals surface area contributed by atoms with Crippen molar-refractivity contribution in [2.45, 2.75) is 73.5 Å². The Balaban J connectivity index is 2.41. The molecule has 2 amide bonds. The number of hydrogen-bond acceptors (Lipinski definition) is 4. The number of carboxylic acids is 1. The molecule has 0 saturated heterocycles. The topological polar surface area (TPSA) is 95.9 Å². The van der Waals surface area contributed by atoms with Crippen LogP contribution in [0.15, 0.2) is 30.3 Å². The molecule has 0 bridgehead atoms. The van der Waals surface area contributed by atoms with E-state index in [4.69, 9.17) is 4.74 Å². The van der Waals surface area contributed by atoms with Crippen molar-refractivity contribution in [2.24, 2.45) is 0 Å². The number of carboxylic acid groups (broad SMARTS) is 1. The molecule has 2 aromatic rings. The molecule has 2 N–H and O–H groups in total. The van der Waals surface area contributed by atoms with Crippen molar-refractivity contribution >= 4 is 17.8 Å². The summed E-state index contributed by atoms with van der Waals surface area (Å²) in [7, 11) is 0. The lowest BCUT2D eigenvalue weighted by Gasteiger charge is -2.36. The van der Waals surface area contributed by atoms with E-state index >= 15 is 0 Å². The monoisotopic (exact) mass is 454 g/mol. The third-order valence-electron chi connectivity index (χ3n) is 5.31. The van der Waals surface area contributed by atoms with Crippen LogP contribution in [0.3, 0.4) is 0 Å². The number of carbonyl (C=O) groups is 3. The summed E-state index contributed by atoms with van der Waals surface area (Å²) in [5.74, 6) is -1.50. The van der Waals surface area contributed by atoms with E-state index in [1.54, 1.807) is 45.0 Å². The van der Waals surface area contributed by atoms with Crippen LogP contribution in [0, 0.1) is 27.7 Å². The van der Waals surface area contributed by atoms with Crippen molar-refractivity contribution in [1.82, 2.24) is 10.4 Å². The Morgan fingerprint density at radius 3 is 2.09 bits per heavy atom. The van der Waals surface area contributed by atoms with Gasteiger partial charge in [0.15, 0.2) is 6.10 Å². The number of carbonyl (C=O) groups excluding carboxylic acids is 2. The molecule has 0 radical (unpaired) electrons. The average Bonchev–Trinajstić information content (AvgIpc) is 2.69. The van der Waals surface area contributed by atoms with Crippen LogP contribution < -0.4 is 10.2 Å². The lowest BCUT2D eigenvalue weighted by Crippen LogP contribution is -2.56. The molecule has 178 valence electrons. The Bertz CT molecular complexity index is 1050. The van der Waals surface area contributed by atoms with Crippen LogP contribution in [0.4, 0.5) is 0 Å². The molecule has 1 atom stereocenters. The standard InChI is InChI=1S/C26H34N2O5/c1-9-21(25(31)32)33-22-17(4)10-11-20(18(22)5)23(29)27-28(26(6,7)8)24(30)19-13-15(2)12-16(3)14-19/h10-14,21H,9H2,1-8H3,(H,27,29)(H,31,32)/t21-/m1/s1. The zero-order valence-corrected chi connectivity index (χ0v) is 20.7. The summed E-state index contributed by atoms with van der Waals surface area (Å²) in [6.07, 6.45) is -0.731. The highest BCUT2D eigenvalue weighted by Gasteiger charge is 2.31. The van der Waals surface area contributed by atoms with Gasteiger partial charge in [-0.05, 0) is 78.6 Å². The van der Waals surface area contributed by atoms with E-state index < -0.39 is 23.5 Å². The number of hydrogen-bond donors (Lipinski definition) is 2. The number of amides is 2. The van der Waals surface area contributed by atoms with Gasteiger partial charge in [-0.15, -0.1) is 0 Å². The Morgan fingerprint density at radius 1 is 1.03 bits per heavy atom. The Hall–Kier alpha value is -3.35. The molecule has 0 aromatic heterocycles. The zero-order chi connectivity index (χ0) is 25.1. The van der Waals surface area contributed by atoms with Crippen LogP contribution in [0.1, 0.15) is 77.1 Å². The Morgan fingerprint density at radius 2 is 1.61 bits per heavy atom. The molecule has 0 aliphatic rings. The van der Waals surface area contributed by atoms with Crippen LogP contribution in [-0.4, -0.2) is 39.5 Å². The number of hydrazine groups is 1. The quantitative estimate of drug-likeness (QED) is 0.614. The van der Waals surface area contributed by atoms with E-state index in [-0.39, 0.29) is 12.3 Å². The predicted molar refractivity (Wildman–Crippen MR) is 128 cm³/mol. The zero-order valence-electron chi connectivity index (χ0n) is 20.7. The third kappa shape index (κ3) is 6.12. The fourth-order valence-electron chi connectivity index (χ4n) is 3.62. The van der Waals surface area contributed by atoms with Gasteiger partial charge < -0.3 is 9.84 Å². The number of rotatable bonds is 6. The molecule has 33 heavy (non-hydrogen) atoms. The molecule has 0 heterocycles. The van der Waals surface area contributed by atoms with Gasteiger partial charge in [0.05, 0.1) is 5.54 Å². The number of aryl methyl sites for hydroxylation is 3. The van der Waals surface area contributed by atoms with Crippen molar-refractivity contribution < 1.29 is 24.2 Å².